The molecule has 0 bridgehead atoms. The van der Waals surface area contributed by atoms with Crippen molar-refractivity contribution in [1.29, 1.82) is 0 Å². The minimum Gasteiger partial charge on any atom is -0.481 e. The molecule has 5 nitrogen and oxygen atoms in total. The molecular weight excluding hydrogens is 584 g/mol. The van der Waals surface area contributed by atoms with Gasteiger partial charge < -0.3 is 13.9 Å². The van der Waals surface area contributed by atoms with Crippen molar-refractivity contribution in [2.75, 3.05) is 6.61 Å². The quantitative estimate of drug-likeness (QED) is 0.155. The van der Waals surface area contributed by atoms with E-state index < -0.39 is 0 Å². The number of ether oxygens (including phenoxy) is 2. The predicted octanol–water partition coefficient (Wildman–Crippen LogP) is 9.92. The van der Waals surface area contributed by atoms with Crippen molar-refractivity contribution < 1.29 is 18.7 Å². The average molecular weight is 643 g/mol. The summed E-state index contributed by atoms with van der Waals surface area (Å²) in [6.07, 6.45) is 19.0. The van der Waals surface area contributed by atoms with Crippen molar-refractivity contribution in [3.63, 3.8) is 0 Å². The van der Waals surface area contributed by atoms with Crippen LogP contribution in [0.1, 0.15) is 128 Å². The molecule has 0 radical (unpaired) electrons. The molecular formula is C42H58O5. The summed E-state index contributed by atoms with van der Waals surface area (Å²) in [6, 6.07) is 3.86. The van der Waals surface area contributed by atoms with Crippen molar-refractivity contribution in [2.45, 2.75) is 138 Å². The average Bonchev–Trinajstić information content (AvgIpc) is 3.67. The van der Waals surface area contributed by atoms with Crippen LogP contribution in [-0.2, 0) is 22.4 Å². The van der Waals surface area contributed by atoms with Crippen LogP contribution in [0.2, 0.25) is 0 Å². The molecule has 8 unspecified atom stereocenters. The molecule has 1 aromatic heterocycles. The highest BCUT2D eigenvalue weighted by molar-refractivity contribution is 5.86. The Morgan fingerprint density at radius 3 is 2.62 bits per heavy atom. The molecule has 5 aliphatic carbocycles. The van der Waals surface area contributed by atoms with Gasteiger partial charge in [-0.1, -0.05) is 65.5 Å². The van der Waals surface area contributed by atoms with Gasteiger partial charge in [-0.05, 0) is 135 Å². The fourth-order valence-electron chi connectivity index (χ4n) is 11.7. The van der Waals surface area contributed by atoms with Gasteiger partial charge in [-0.3, -0.25) is 0 Å². The van der Waals surface area contributed by atoms with Crippen molar-refractivity contribution in [1.82, 2.24) is 0 Å². The molecule has 3 fully saturated rings. The van der Waals surface area contributed by atoms with Crippen LogP contribution in [0.15, 0.2) is 33.0 Å². The fraction of sp³-hybridized carbons (Fsp3) is 0.714. The van der Waals surface area contributed by atoms with Crippen molar-refractivity contribution in [3.8, 4) is 5.75 Å². The van der Waals surface area contributed by atoms with Gasteiger partial charge >= 0.3 is 11.6 Å². The van der Waals surface area contributed by atoms with E-state index in [2.05, 4.69) is 40.7 Å². The first-order valence-corrected chi connectivity index (χ1v) is 19.1. The Kier molecular flexibility index (Phi) is 8.92. The maximum Gasteiger partial charge on any atom is 0.344 e. The highest BCUT2D eigenvalue weighted by Gasteiger charge is 2.59. The highest BCUT2D eigenvalue weighted by atomic mass is 16.6. The first kappa shape index (κ1) is 33.0. The largest absolute Gasteiger partial charge is 0.481 e. The zero-order valence-electron chi connectivity index (χ0n) is 29.9. The molecule has 5 heteroatoms. The molecule has 2 aromatic rings. The van der Waals surface area contributed by atoms with Crippen molar-refractivity contribution in [2.24, 2.45) is 46.3 Å². The van der Waals surface area contributed by atoms with Gasteiger partial charge in [-0.15, -0.1) is 0 Å². The maximum absolute atomic E-state index is 13.0. The third-order valence-electron chi connectivity index (χ3n) is 14.2. The Morgan fingerprint density at radius 2 is 1.81 bits per heavy atom. The summed E-state index contributed by atoms with van der Waals surface area (Å²) in [6.45, 7) is 14.2. The second kappa shape index (κ2) is 12.7. The molecule has 7 rings (SSSR count). The normalized spacial score (nSPS) is 33.5. The van der Waals surface area contributed by atoms with E-state index in [0.29, 0.717) is 16.7 Å². The van der Waals surface area contributed by atoms with Gasteiger partial charge in [0.05, 0.1) is 0 Å². The van der Waals surface area contributed by atoms with Crippen LogP contribution < -0.4 is 10.4 Å². The van der Waals surface area contributed by atoms with Crippen LogP contribution in [0, 0.1) is 53.3 Å². The van der Waals surface area contributed by atoms with Gasteiger partial charge in [0.1, 0.15) is 17.4 Å². The summed E-state index contributed by atoms with van der Waals surface area (Å²) >= 11 is 0. The van der Waals surface area contributed by atoms with E-state index in [-0.39, 0.29) is 29.7 Å². The lowest BCUT2D eigenvalue weighted by atomic mass is 9.47. The zero-order valence-corrected chi connectivity index (χ0v) is 29.9. The minimum absolute atomic E-state index is 0.0864. The Hall–Kier alpha value is -2.56. The smallest absolute Gasteiger partial charge is 0.344 e. The molecule has 1 heterocycles. The number of fused-ring (bicyclic) bond motifs is 8. The lowest BCUT2D eigenvalue weighted by Crippen LogP contribution is -2.51. The van der Waals surface area contributed by atoms with Gasteiger partial charge in [0.15, 0.2) is 6.61 Å². The number of aryl methyl sites for hydroxylation is 2. The third kappa shape index (κ3) is 5.80. The third-order valence-corrected chi connectivity index (χ3v) is 14.2. The number of allylic oxidation sites excluding steroid dienone is 1. The van der Waals surface area contributed by atoms with Crippen LogP contribution in [-0.4, -0.2) is 18.7 Å². The molecule has 3 saturated carbocycles. The van der Waals surface area contributed by atoms with E-state index >= 15 is 0 Å². The van der Waals surface area contributed by atoms with Gasteiger partial charge in [0.25, 0.3) is 0 Å². The topological polar surface area (TPSA) is 65.7 Å². The molecule has 5 aliphatic rings. The minimum atomic E-state index is -0.323. The molecule has 0 spiro atoms. The first-order valence-electron chi connectivity index (χ1n) is 19.1. The molecule has 0 aliphatic heterocycles. The van der Waals surface area contributed by atoms with Crippen LogP contribution >= 0.6 is 0 Å². The maximum atomic E-state index is 13.0. The van der Waals surface area contributed by atoms with E-state index in [4.69, 9.17) is 13.9 Å². The standard InChI is InChI=1S/C42H58O5/c1-25(2)9-7-10-26(3)34-16-17-35-33-14-13-28-23-29(19-21-41(28,5)36(33)20-22-42(34,35)6)46-38(43)24-45-37-18-15-31-30-11-8-12-32(30)40(44)47-39(31)27(37)4/h13,15,18,25-26,29,33-36H,7-12,14,16-17,19-24H2,1-6H3. The van der Waals surface area contributed by atoms with Gasteiger partial charge in [0.2, 0.25) is 0 Å². The lowest BCUT2D eigenvalue weighted by Gasteiger charge is -2.58. The van der Waals surface area contributed by atoms with Crippen LogP contribution in [0.3, 0.4) is 0 Å². The first-order chi connectivity index (χ1) is 22.5. The summed E-state index contributed by atoms with van der Waals surface area (Å²) in [5.41, 5.74) is 5.28. The molecule has 256 valence electrons. The number of carbonyl (C=O) groups excluding carboxylic acids is 1. The SMILES string of the molecule is Cc1c(OCC(=O)OC2CCC3(C)C(=CCC4C3CCC3(C)C(C(C)CCCC(C)C)CCC43)C2)ccc2c3c(c(=O)oc12)CCC3. The summed E-state index contributed by atoms with van der Waals surface area (Å²) in [5, 5.41) is 0.986. The Balaban J connectivity index is 0.966. The van der Waals surface area contributed by atoms with E-state index in [1.807, 2.05) is 19.1 Å². The monoisotopic (exact) mass is 642 g/mol. The van der Waals surface area contributed by atoms with E-state index in [0.717, 1.165) is 96.1 Å². The fourth-order valence-corrected chi connectivity index (χ4v) is 11.7. The number of hydrogen-bond donors (Lipinski definition) is 0. The molecule has 0 N–H and O–H groups in total. The Labute approximate surface area is 282 Å². The summed E-state index contributed by atoms with van der Waals surface area (Å²) in [7, 11) is 0. The van der Waals surface area contributed by atoms with E-state index in [1.54, 1.807) is 0 Å². The number of rotatable bonds is 9. The predicted molar refractivity (Wildman–Crippen MR) is 188 cm³/mol. The Bertz CT molecular complexity index is 1600. The second-order valence-electron chi connectivity index (χ2n) is 17.2. The molecule has 0 saturated heterocycles. The number of esters is 1. The Morgan fingerprint density at radius 1 is 1.00 bits per heavy atom. The summed E-state index contributed by atoms with van der Waals surface area (Å²) in [4.78, 5) is 25.6. The highest BCUT2D eigenvalue weighted by Crippen LogP contribution is 2.67. The van der Waals surface area contributed by atoms with E-state index in [1.165, 1.54) is 56.9 Å². The number of carbonyl (C=O) groups is 1. The summed E-state index contributed by atoms with van der Waals surface area (Å²) < 4.78 is 17.7. The van der Waals surface area contributed by atoms with Crippen LogP contribution in [0.25, 0.3) is 11.0 Å². The molecule has 47 heavy (non-hydrogen) atoms. The zero-order chi connectivity index (χ0) is 33.1. The molecule has 0 amide bonds. The van der Waals surface area contributed by atoms with Gasteiger partial charge in [-0.25, -0.2) is 9.59 Å². The van der Waals surface area contributed by atoms with Crippen LogP contribution in [0.5, 0.6) is 5.75 Å². The van der Waals surface area contributed by atoms with E-state index in [9.17, 15) is 9.59 Å². The van der Waals surface area contributed by atoms with Crippen molar-refractivity contribution in [3.05, 3.63) is 50.9 Å². The lowest BCUT2D eigenvalue weighted by molar-refractivity contribution is -0.153. The second-order valence-corrected chi connectivity index (χ2v) is 17.2. The number of benzene rings is 1. The molecule has 8 atom stereocenters. The van der Waals surface area contributed by atoms with Gasteiger partial charge in [-0.2, -0.15) is 0 Å². The molecule has 1 aromatic carbocycles. The number of hydrogen-bond acceptors (Lipinski definition) is 5. The van der Waals surface area contributed by atoms with Crippen LogP contribution in [0.4, 0.5) is 0 Å². The summed E-state index contributed by atoms with van der Waals surface area (Å²) in [5.74, 6) is 5.19. The van der Waals surface area contributed by atoms with Crippen molar-refractivity contribution >= 4 is 16.9 Å². The van der Waals surface area contributed by atoms with Gasteiger partial charge in [0, 0.05) is 22.9 Å².